The van der Waals surface area contributed by atoms with Crippen LogP contribution in [-0.4, -0.2) is 17.7 Å². The van der Waals surface area contributed by atoms with Gasteiger partial charge in [0.1, 0.15) is 0 Å². The van der Waals surface area contributed by atoms with Gasteiger partial charge >= 0.3 is 0 Å². The minimum absolute atomic E-state index is 0.00223. The summed E-state index contributed by atoms with van der Waals surface area (Å²) in [5.74, 6) is 0.0679. The summed E-state index contributed by atoms with van der Waals surface area (Å²) in [5.41, 5.74) is 0. The first-order valence-corrected chi connectivity index (χ1v) is 6.00. The van der Waals surface area contributed by atoms with Crippen LogP contribution in [0.5, 0.6) is 0 Å². The number of rotatable bonds is 5. The molecule has 1 aliphatic carbocycles. The SMILES string of the molecule is O=C(CCC(=O)c1cccs1)NC1CC1. The molecule has 1 amide bonds. The van der Waals surface area contributed by atoms with Crippen LogP contribution in [-0.2, 0) is 4.79 Å². The van der Waals surface area contributed by atoms with Crippen molar-refractivity contribution in [2.24, 2.45) is 0 Å². The van der Waals surface area contributed by atoms with Gasteiger partial charge in [-0.3, -0.25) is 9.59 Å². The smallest absolute Gasteiger partial charge is 0.220 e. The minimum atomic E-state index is 0.00223. The lowest BCUT2D eigenvalue weighted by atomic mass is 10.2. The molecule has 0 aromatic carbocycles. The second-order valence-corrected chi connectivity index (χ2v) is 4.69. The molecule has 0 bridgehead atoms. The van der Waals surface area contributed by atoms with Gasteiger partial charge in [-0.05, 0) is 24.3 Å². The van der Waals surface area contributed by atoms with Crippen molar-refractivity contribution < 1.29 is 9.59 Å². The van der Waals surface area contributed by atoms with E-state index in [1.165, 1.54) is 11.3 Å². The fraction of sp³-hybridized carbons (Fsp3) is 0.455. The van der Waals surface area contributed by atoms with Crippen LogP contribution in [0.1, 0.15) is 35.4 Å². The lowest BCUT2D eigenvalue weighted by Gasteiger charge is -2.01. The van der Waals surface area contributed by atoms with Crippen molar-refractivity contribution >= 4 is 23.0 Å². The molecule has 0 atom stereocenters. The summed E-state index contributed by atoms with van der Waals surface area (Å²) in [7, 11) is 0. The molecule has 1 heterocycles. The summed E-state index contributed by atoms with van der Waals surface area (Å²) in [6.45, 7) is 0. The molecule has 80 valence electrons. The molecule has 1 aromatic heterocycles. The van der Waals surface area contributed by atoms with Gasteiger partial charge in [-0.25, -0.2) is 0 Å². The van der Waals surface area contributed by atoms with Crippen LogP contribution in [0.2, 0.25) is 0 Å². The number of Topliss-reactive ketones (excluding diaryl/α,β-unsaturated/α-hetero) is 1. The van der Waals surface area contributed by atoms with Crippen LogP contribution in [0, 0.1) is 0 Å². The van der Waals surface area contributed by atoms with Crippen molar-refractivity contribution in [2.75, 3.05) is 0 Å². The highest BCUT2D eigenvalue weighted by Gasteiger charge is 2.23. The number of thiophene rings is 1. The lowest BCUT2D eigenvalue weighted by molar-refractivity contribution is -0.121. The maximum absolute atomic E-state index is 11.5. The van der Waals surface area contributed by atoms with Crippen molar-refractivity contribution in [1.29, 1.82) is 0 Å². The summed E-state index contributed by atoms with van der Waals surface area (Å²) in [5, 5.41) is 4.74. The molecule has 0 saturated heterocycles. The molecule has 3 nitrogen and oxygen atoms in total. The number of ketones is 1. The first-order chi connectivity index (χ1) is 7.25. The maximum Gasteiger partial charge on any atom is 0.220 e. The standard InChI is InChI=1S/C11H13NO2S/c13-9(10-2-1-7-15-10)5-6-11(14)12-8-3-4-8/h1-2,7-8H,3-6H2,(H,12,14). The Bertz CT molecular complexity index is 355. The predicted molar refractivity (Wildman–Crippen MR) is 59.0 cm³/mol. The Morgan fingerprint density at radius 1 is 1.40 bits per heavy atom. The van der Waals surface area contributed by atoms with Gasteiger partial charge in [-0.2, -0.15) is 0 Å². The summed E-state index contributed by atoms with van der Waals surface area (Å²) in [4.78, 5) is 23.6. The Morgan fingerprint density at radius 3 is 2.80 bits per heavy atom. The first-order valence-electron chi connectivity index (χ1n) is 5.12. The third-order valence-corrected chi connectivity index (χ3v) is 3.23. The van der Waals surface area contributed by atoms with E-state index in [0.717, 1.165) is 17.7 Å². The van der Waals surface area contributed by atoms with Crippen LogP contribution < -0.4 is 5.32 Å². The molecular weight excluding hydrogens is 210 g/mol. The van der Waals surface area contributed by atoms with Crippen LogP contribution in [0.3, 0.4) is 0 Å². The molecule has 0 spiro atoms. The average molecular weight is 223 g/mol. The molecule has 1 aromatic rings. The molecule has 1 fully saturated rings. The molecule has 4 heteroatoms. The van der Waals surface area contributed by atoms with Crippen LogP contribution >= 0.6 is 11.3 Å². The quantitative estimate of drug-likeness (QED) is 0.776. The van der Waals surface area contributed by atoms with Gasteiger partial charge in [0.05, 0.1) is 4.88 Å². The van der Waals surface area contributed by atoms with Crippen molar-refractivity contribution in [2.45, 2.75) is 31.7 Å². The number of carbonyl (C=O) groups excluding carboxylic acids is 2. The second kappa shape index (κ2) is 4.57. The second-order valence-electron chi connectivity index (χ2n) is 3.74. The minimum Gasteiger partial charge on any atom is -0.353 e. The monoisotopic (exact) mass is 223 g/mol. The third-order valence-electron chi connectivity index (χ3n) is 2.32. The van der Waals surface area contributed by atoms with Gasteiger partial charge in [0.2, 0.25) is 5.91 Å². The van der Waals surface area contributed by atoms with E-state index >= 15 is 0 Å². The van der Waals surface area contributed by atoms with Crippen LogP contribution in [0.25, 0.3) is 0 Å². The number of carbonyl (C=O) groups is 2. The number of amides is 1. The van der Waals surface area contributed by atoms with Crippen LogP contribution in [0.15, 0.2) is 17.5 Å². The van der Waals surface area contributed by atoms with E-state index in [9.17, 15) is 9.59 Å². The van der Waals surface area contributed by atoms with Crippen molar-refractivity contribution in [3.63, 3.8) is 0 Å². The largest absolute Gasteiger partial charge is 0.353 e. The Labute approximate surface area is 92.5 Å². The topological polar surface area (TPSA) is 46.2 Å². The van der Waals surface area contributed by atoms with E-state index in [0.29, 0.717) is 18.9 Å². The maximum atomic E-state index is 11.5. The summed E-state index contributed by atoms with van der Waals surface area (Å²) >= 11 is 1.43. The van der Waals surface area contributed by atoms with Crippen molar-refractivity contribution in [3.05, 3.63) is 22.4 Å². The molecule has 0 aliphatic heterocycles. The Kier molecular flexibility index (Phi) is 3.16. The summed E-state index contributed by atoms with van der Waals surface area (Å²) in [6, 6.07) is 4.03. The van der Waals surface area contributed by atoms with E-state index < -0.39 is 0 Å². The van der Waals surface area contributed by atoms with Gasteiger partial charge in [-0.1, -0.05) is 6.07 Å². The molecule has 0 radical (unpaired) electrons. The molecule has 15 heavy (non-hydrogen) atoms. The van der Waals surface area contributed by atoms with E-state index in [1.54, 1.807) is 6.07 Å². The van der Waals surface area contributed by atoms with E-state index in [1.807, 2.05) is 11.4 Å². The van der Waals surface area contributed by atoms with E-state index in [2.05, 4.69) is 5.32 Å². The highest BCUT2D eigenvalue weighted by Crippen LogP contribution is 2.19. The molecule has 2 rings (SSSR count). The Hall–Kier alpha value is -1.16. The van der Waals surface area contributed by atoms with Gasteiger partial charge in [0, 0.05) is 18.9 Å². The summed E-state index contributed by atoms with van der Waals surface area (Å²) < 4.78 is 0. The van der Waals surface area contributed by atoms with Gasteiger partial charge in [0.15, 0.2) is 5.78 Å². The van der Waals surface area contributed by atoms with E-state index in [-0.39, 0.29) is 11.7 Å². The fourth-order valence-corrected chi connectivity index (χ4v) is 2.01. The normalized spacial score (nSPS) is 14.9. The van der Waals surface area contributed by atoms with Crippen molar-refractivity contribution in [1.82, 2.24) is 5.32 Å². The first kappa shape index (κ1) is 10.4. The number of nitrogens with one attached hydrogen (secondary N) is 1. The zero-order chi connectivity index (χ0) is 10.7. The molecule has 1 saturated carbocycles. The molecular formula is C11H13NO2S. The Morgan fingerprint density at radius 2 is 2.20 bits per heavy atom. The average Bonchev–Trinajstić information content (AvgIpc) is 2.86. The Balaban J connectivity index is 1.72. The lowest BCUT2D eigenvalue weighted by Crippen LogP contribution is -2.25. The highest BCUT2D eigenvalue weighted by atomic mass is 32.1. The zero-order valence-corrected chi connectivity index (χ0v) is 9.18. The molecule has 1 aliphatic rings. The number of hydrogen-bond donors (Lipinski definition) is 1. The zero-order valence-electron chi connectivity index (χ0n) is 8.36. The van der Waals surface area contributed by atoms with Crippen molar-refractivity contribution in [3.8, 4) is 0 Å². The predicted octanol–water partition coefficient (Wildman–Crippen LogP) is 1.99. The van der Waals surface area contributed by atoms with Gasteiger partial charge in [0.25, 0.3) is 0 Å². The molecule has 1 N–H and O–H groups in total. The summed E-state index contributed by atoms with van der Waals surface area (Å²) in [6.07, 6.45) is 2.81. The van der Waals surface area contributed by atoms with Gasteiger partial charge in [-0.15, -0.1) is 11.3 Å². The fourth-order valence-electron chi connectivity index (χ4n) is 1.31. The van der Waals surface area contributed by atoms with E-state index in [4.69, 9.17) is 0 Å². The van der Waals surface area contributed by atoms with Crippen LogP contribution in [0.4, 0.5) is 0 Å². The number of hydrogen-bond acceptors (Lipinski definition) is 3. The highest BCUT2D eigenvalue weighted by molar-refractivity contribution is 7.12. The molecule has 0 unspecified atom stereocenters. The third kappa shape index (κ3) is 3.16. The van der Waals surface area contributed by atoms with Gasteiger partial charge < -0.3 is 5.32 Å².